The van der Waals surface area contributed by atoms with Crippen LogP contribution in [0.4, 0.5) is 5.69 Å². The van der Waals surface area contributed by atoms with Gasteiger partial charge in [0.1, 0.15) is 0 Å². The number of nitrogens with zero attached hydrogens (tertiary/aromatic N) is 3. The standard InChI is InChI=1S/C21H25N3O2S/c25-14-16-26-15-13-23-9-11-24(12-10-23)21-17-5-1-2-6-18(17)22-19-7-3-4-8-20(19)27-21/h1-8,25H,9-16H2. The van der Waals surface area contributed by atoms with Gasteiger partial charge >= 0.3 is 0 Å². The molecule has 142 valence electrons. The lowest BCUT2D eigenvalue weighted by Gasteiger charge is -2.37. The topological polar surface area (TPSA) is 48.3 Å². The number of piperazine rings is 1. The van der Waals surface area contributed by atoms with Gasteiger partial charge in [-0.25, -0.2) is 4.99 Å². The van der Waals surface area contributed by atoms with Gasteiger partial charge < -0.3 is 14.7 Å². The molecule has 2 aromatic rings. The SMILES string of the molecule is OCCOCCN1CCN(C2=c3ccccc3=Nc3ccccc3S2)CC1. The Morgan fingerprint density at radius 3 is 2.59 bits per heavy atom. The molecule has 0 saturated carbocycles. The minimum absolute atomic E-state index is 0.0925. The minimum atomic E-state index is 0.0925. The van der Waals surface area contributed by atoms with Crippen molar-refractivity contribution in [3.63, 3.8) is 0 Å². The van der Waals surface area contributed by atoms with Crippen LogP contribution in [0.25, 0.3) is 5.03 Å². The van der Waals surface area contributed by atoms with Crippen molar-refractivity contribution < 1.29 is 9.84 Å². The average molecular weight is 384 g/mol. The van der Waals surface area contributed by atoms with E-state index < -0.39 is 0 Å². The van der Waals surface area contributed by atoms with Gasteiger partial charge in [-0.15, -0.1) is 0 Å². The van der Waals surface area contributed by atoms with Crippen LogP contribution in [-0.4, -0.2) is 67.5 Å². The molecular weight excluding hydrogens is 358 g/mol. The lowest BCUT2D eigenvalue weighted by molar-refractivity contribution is 0.0646. The molecule has 4 rings (SSSR count). The first kappa shape index (κ1) is 18.5. The molecule has 1 fully saturated rings. The molecule has 0 atom stereocenters. The van der Waals surface area contributed by atoms with Crippen molar-refractivity contribution in [3.8, 4) is 0 Å². The number of rotatable bonds is 6. The van der Waals surface area contributed by atoms with Gasteiger partial charge in [0, 0.05) is 42.8 Å². The number of fused-ring (bicyclic) bond motifs is 2. The van der Waals surface area contributed by atoms with Crippen molar-refractivity contribution >= 4 is 22.5 Å². The first-order valence-corrected chi connectivity index (χ1v) is 10.3. The van der Waals surface area contributed by atoms with Crippen LogP contribution >= 0.6 is 11.8 Å². The Labute approximate surface area is 164 Å². The van der Waals surface area contributed by atoms with Gasteiger partial charge in [0.2, 0.25) is 0 Å². The second kappa shape index (κ2) is 8.89. The molecule has 27 heavy (non-hydrogen) atoms. The predicted octanol–water partition coefficient (Wildman–Crippen LogP) is 1.44. The summed E-state index contributed by atoms with van der Waals surface area (Å²) >= 11 is 1.83. The molecule has 2 heterocycles. The first-order chi connectivity index (χ1) is 13.3. The van der Waals surface area contributed by atoms with Crippen LogP contribution < -0.4 is 10.6 Å². The Balaban J connectivity index is 1.53. The summed E-state index contributed by atoms with van der Waals surface area (Å²) in [4.78, 5) is 11.0. The molecule has 1 N–H and O–H groups in total. The normalized spacial score (nSPS) is 17.1. The highest BCUT2D eigenvalue weighted by molar-refractivity contribution is 8.08. The van der Waals surface area contributed by atoms with Crippen LogP contribution in [0.3, 0.4) is 0 Å². The lowest BCUT2D eigenvalue weighted by atomic mass is 10.2. The number of aliphatic hydroxyl groups is 1. The third-order valence-corrected chi connectivity index (χ3v) is 6.13. The van der Waals surface area contributed by atoms with E-state index in [-0.39, 0.29) is 6.61 Å². The van der Waals surface area contributed by atoms with Gasteiger partial charge in [-0.2, -0.15) is 0 Å². The van der Waals surface area contributed by atoms with Crippen molar-refractivity contribution in [1.82, 2.24) is 9.80 Å². The van der Waals surface area contributed by atoms with Crippen molar-refractivity contribution in [2.24, 2.45) is 4.99 Å². The second-order valence-electron chi connectivity index (χ2n) is 6.67. The minimum Gasteiger partial charge on any atom is -0.394 e. The highest BCUT2D eigenvalue weighted by Gasteiger charge is 2.22. The molecule has 0 aromatic heterocycles. The van der Waals surface area contributed by atoms with Crippen molar-refractivity contribution in [2.75, 3.05) is 52.5 Å². The zero-order chi connectivity index (χ0) is 18.5. The van der Waals surface area contributed by atoms with E-state index in [1.54, 1.807) is 0 Å². The number of para-hydroxylation sites is 2. The average Bonchev–Trinajstić information content (AvgIpc) is 2.88. The van der Waals surface area contributed by atoms with Gasteiger partial charge in [-0.05, 0) is 18.2 Å². The summed E-state index contributed by atoms with van der Waals surface area (Å²) in [6, 6.07) is 16.8. The Kier molecular flexibility index (Phi) is 6.09. The van der Waals surface area contributed by atoms with Crippen molar-refractivity contribution in [2.45, 2.75) is 4.90 Å². The van der Waals surface area contributed by atoms with E-state index in [4.69, 9.17) is 14.8 Å². The van der Waals surface area contributed by atoms with Crippen LogP contribution in [0.5, 0.6) is 0 Å². The van der Waals surface area contributed by atoms with Crippen LogP contribution in [-0.2, 0) is 4.74 Å². The smallest absolute Gasteiger partial charge is 0.0853 e. The molecule has 1 saturated heterocycles. The van der Waals surface area contributed by atoms with E-state index in [0.29, 0.717) is 13.2 Å². The molecule has 0 radical (unpaired) electrons. The van der Waals surface area contributed by atoms with E-state index in [2.05, 4.69) is 52.3 Å². The lowest BCUT2D eigenvalue weighted by Crippen LogP contribution is -2.47. The highest BCUT2D eigenvalue weighted by Crippen LogP contribution is 2.37. The Hall–Kier alpha value is -1.86. The maximum absolute atomic E-state index is 8.80. The van der Waals surface area contributed by atoms with Gasteiger partial charge in [-0.3, -0.25) is 4.90 Å². The maximum atomic E-state index is 8.80. The third kappa shape index (κ3) is 4.35. The summed E-state index contributed by atoms with van der Waals surface area (Å²) in [5.74, 6) is 0. The van der Waals surface area contributed by atoms with Gasteiger partial charge in [0.15, 0.2) is 0 Å². The third-order valence-electron chi connectivity index (χ3n) is 4.89. The highest BCUT2D eigenvalue weighted by atomic mass is 32.2. The number of hydrogen-bond donors (Lipinski definition) is 1. The summed E-state index contributed by atoms with van der Waals surface area (Å²) < 4.78 is 5.40. The zero-order valence-corrected chi connectivity index (χ0v) is 16.2. The maximum Gasteiger partial charge on any atom is 0.0853 e. The Morgan fingerprint density at radius 1 is 0.963 bits per heavy atom. The fourth-order valence-electron chi connectivity index (χ4n) is 3.45. The van der Waals surface area contributed by atoms with Crippen LogP contribution in [0.15, 0.2) is 58.4 Å². The van der Waals surface area contributed by atoms with Gasteiger partial charge in [0.05, 0.1) is 35.9 Å². The van der Waals surface area contributed by atoms with Crippen molar-refractivity contribution in [3.05, 3.63) is 59.1 Å². The Bertz CT molecular complexity index is 894. The molecule has 0 aliphatic carbocycles. The van der Waals surface area contributed by atoms with E-state index in [1.165, 1.54) is 15.1 Å². The second-order valence-corrected chi connectivity index (χ2v) is 7.70. The number of thioether (sulfide) groups is 1. The molecule has 2 aliphatic rings. The number of aliphatic hydroxyl groups excluding tert-OH is 1. The van der Waals surface area contributed by atoms with Crippen LogP contribution in [0.1, 0.15) is 0 Å². The van der Waals surface area contributed by atoms with E-state index in [0.717, 1.165) is 43.8 Å². The Morgan fingerprint density at radius 2 is 1.74 bits per heavy atom. The van der Waals surface area contributed by atoms with Crippen LogP contribution in [0, 0.1) is 0 Å². The largest absolute Gasteiger partial charge is 0.394 e. The number of benzene rings is 2. The summed E-state index contributed by atoms with van der Waals surface area (Å²) in [7, 11) is 0. The summed E-state index contributed by atoms with van der Waals surface area (Å²) in [6.07, 6.45) is 0. The molecule has 0 unspecified atom stereocenters. The predicted molar refractivity (Wildman–Crippen MR) is 109 cm³/mol. The fraction of sp³-hybridized carbons (Fsp3) is 0.381. The van der Waals surface area contributed by atoms with Crippen LogP contribution in [0.2, 0.25) is 0 Å². The first-order valence-electron chi connectivity index (χ1n) is 9.46. The molecular formula is C21H25N3O2S. The quantitative estimate of drug-likeness (QED) is 0.765. The molecule has 5 nitrogen and oxygen atoms in total. The molecule has 6 heteroatoms. The zero-order valence-electron chi connectivity index (χ0n) is 15.4. The van der Waals surface area contributed by atoms with Crippen molar-refractivity contribution in [1.29, 1.82) is 0 Å². The molecule has 0 bridgehead atoms. The molecule has 2 aromatic carbocycles. The molecule has 2 aliphatic heterocycles. The van der Waals surface area contributed by atoms with E-state index >= 15 is 0 Å². The molecule has 0 spiro atoms. The number of ether oxygens (including phenoxy) is 1. The fourth-order valence-corrected chi connectivity index (χ4v) is 4.61. The number of hydrogen-bond acceptors (Lipinski definition) is 6. The van der Waals surface area contributed by atoms with E-state index in [1.807, 2.05) is 17.8 Å². The molecule has 0 amide bonds. The van der Waals surface area contributed by atoms with E-state index in [9.17, 15) is 0 Å². The summed E-state index contributed by atoms with van der Waals surface area (Å²) in [6.45, 7) is 6.16. The summed E-state index contributed by atoms with van der Waals surface area (Å²) in [5.41, 5.74) is 1.05. The monoisotopic (exact) mass is 383 g/mol. The van der Waals surface area contributed by atoms with Gasteiger partial charge in [0.25, 0.3) is 0 Å². The van der Waals surface area contributed by atoms with Gasteiger partial charge in [-0.1, -0.05) is 42.1 Å². The summed E-state index contributed by atoms with van der Waals surface area (Å²) in [5, 5.41) is 12.4.